The fourth-order valence-corrected chi connectivity index (χ4v) is 4.55. The largest absolute Gasteiger partial charge is 0.276 e. The zero-order valence-electron chi connectivity index (χ0n) is 21.0. The van der Waals surface area contributed by atoms with Gasteiger partial charge in [0.1, 0.15) is 11.5 Å². The Balaban J connectivity index is 1.63. The molecule has 2 heterocycles. The first kappa shape index (κ1) is 23.3. The molecule has 176 valence electrons. The van der Waals surface area contributed by atoms with Gasteiger partial charge in [0.25, 0.3) is 0 Å². The first-order chi connectivity index (χ1) is 17.5. The van der Waals surface area contributed by atoms with Crippen LogP contribution in [-0.2, 0) is 0 Å². The summed E-state index contributed by atoms with van der Waals surface area (Å²) in [5.74, 6) is 0.834. The van der Waals surface area contributed by atoms with E-state index in [9.17, 15) is 0 Å². The second-order valence-electron chi connectivity index (χ2n) is 9.05. The molecule has 0 aliphatic heterocycles. The summed E-state index contributed by atoms with van der Waals surface area (Å²) in [6, 6.07) is 25.2. The number of hydrogen-bond acceptors (Lipinski definition) is 2. The lowest BCUT2D eigenvalue weighted by Crippen LogP contribution is -2.00. The molecule has 0 saturated heterocycles. The summed E-state index contributed by atoms with van der Waals surface area (Å²) >= 11 is 0. The fourth-order valence-electron chi connectivity index (χ4n) is 4.55. The van der Waals surface area contributed by atoms with Crippen LogP contribution < -0.4 is 0 Å². The van der Waals surface area contributed by atoms with E-state index < -0.39 is 0 Å². The topological polar surface area (TPSA) is 30.2 Å². The van der Waals surface area contributed by atoms with E-state index in [1.54, 1.807) is 6.08 Å². The SMILES string of the molecule is C=Cc1nc2c3ccccc3nc(-c3cccc(/C(C)=C/C=C(\C)c4cccc(C)c4)c3)n2c1C=C. The maximum absolute atomic E-state index is 5.06. The average Bonchev–Trinajstić information content (AvgIpc) is 3.30. The van der Waals surface area contributed by atoms with E-state index in [2.05, 4.69) is 105 Å². The second-order valence-corrected chi connectivity index (χ2v) is 9.05. The van der Waals surface area contributed by atoms with Crippen LogP contribution in [0.1, 0.15) is 41.9 Å². The van der Waals surface area contributed by atoms with Crippen molar-refractivity contribution in [1.29, 1.82) is 0 Å². The minimum Gasteiger partial charge on any atom is -0.276 e. The summed E-state index contributed by atoms with van der Waals surface area (Å²) in [7, 11) is 0. The minimum absolute atomic E-state index is 0.799. The van der Waals surface area contributed by atoms with Gasteiger partial charge in [-0.1, -0.05) is 85.5 Å². The van der Waals surface area contributed by atoms with Crippen molar-refractivity contribution in [3.8, 4) is 11.4 Å². The number of hydrogen-bond donors (Lipinski definition) is 0. The number of allylic oxidation sites excluding steroid dienone is 4. The molecule has 0 aliphatic carbocycles. The van der Waals surface area contributed by atoms with Crippen molar-refractivity contribution in [2.75, 3.05) is 0 Å². The molecule has 0 bridgehead atoms. The smallest absolute Gasteiger partial charge is 0.149 e. The summed E-state index contributed by atoms with van der Waals surface area (Å²) in [5.41, 5.74) is 10.5. The Morgan fingerprint density at radius 3 is 2.17 bits per heavy atom. The highest BCUT2D eigenvalue weighted by Crippen LogP contribution is 2.30. The van der Waals surface area contributed by atoms with Crippen LogP contribution in [0.2, 0.25) is 0 Å². The Hall–Kier alpha value is -4.50. The van der Waals surface area contributed by atoms with E-state index in [4.69, 9.17) is 9.97 Å². The molecule has 5 rings (SSSR count). The van der Waals surface area contributed by atoms with E-state index in [0.717, 1.165) is 44.9 Å². The van der Waals surface area contributed by atoms with Crippen LogP contribution in [-0.4, -0.2) is 14.4 Å². The summed E-state index contributed by atoms with van der Waals surface area (Å²) < 4.78 is 2.09. The maximum Gasteiger partial charge on any atom is 0.149 e. The highest BCUT2D eigenvalue weighted by Gasteiger charge is 2.17. The molecule has 0 N–H and O–H groups in total. The normalized spacial score (nSPS) is 12.3. The van der Waals surface area contributed by atoms with Gasteiger partial charge in [-0.3, -0.25) is 4.40 Å². The molecule has 0 spiro atoms. The molecule has 2 aromatic heterocycles. The molecule has 3 heteroatoms. The molecule has 5 aromatic rings. The molecular weight excluding hydrogens is 438 g/mol. The summed E-state index contributed by atoms with van der Waals surface area (Å²) in [4.78, 5) is 9.93. The molecule has 0 atom stereocenters. The molecule has 0 unspecified atom stereocenters. The second kappa shape index (κ2) is 9.63. The summed E-state index contributed by atoms with van der Waals surface area (Å²) in [6.07, 6.45) is 7.97. The number of aryl methyl sites for hydroxylation is 1. The summed E-state index contributed by atoms with van der Waals surface area (Å²) in [5, 5.41) is 1.00. The number of nitrogens with zero attached hydrogens (tertiary/aromatic N) is 3. The molecule has 0 radical (unpaired) electrons. The van der Waals surface area contributed by atoms with Crippen molar-refractivity contribution >= 4 is 39.8 Å². The van der Waals surface area contributed by atoms with Crippen LogP contribution in [0.4, 0.5) is 0 Å². The monoisotopic (exact) mass is 467 g/mol. The third-order valence-corrected chi connectivity index (χ3v) is 6.54. The Morgan fingerprint density at radius 2 is 1.47 bits per heavy atom. The zero-order valence-corrected chi connectivity index (χ0v) is 21.0. The van der Waals surface area contributed by atoms with E-state index in [0.29, 0.717) is 0 Å². The van der Waals surface area contributed by atoms with Gasteiger partial charge in [0.2, 0.25) is 0 Å². The van der Waals surface area contributed by atoms with Gasteiger partial charge in [-0.25, -0.2) is 9.97 Å². The molecule has 3 nitrogen and oxygen atoms in total. The van der Waals surface area contributed by atoms with E-state index in [1.807, 2.05) is 24.3 Å². The Morgan fingerprint density at radius 1 is 0.778 bits per heavy atom. The maximum atomic E-state index is 5.06. The lowest BCUT2D eigenvalue weighted by atomic mass is 10.0. The van der Waals surface area contributed by atoms with Gasteiger partial charge in [0.05, 0.1) is 16.9 Å². The van der Waals surface area contributed by atoms with Gasteiger partial charge in [0, 0.05) is 10.9 Å². The number of fused-ring (bicyclic) bond motifs is 3. The van der Waals surface area contributed by atoms with E-state index in [1.165, 1.54) is 22.3 Å². The van der Waals surface area contributed by atoms with Gasteiger partial charge in [-0.15, -0.1) is 0 Å². The van der Waals surface area contributed by atoms with Gasteiger partial charge < -0.3 is 0 Å². The van der Waals surface area contributed by atoms with Crippen molar-refractivity contribution < 1.29 is 0 Å². The van der Waals surface area contributed by atoms with Gasteiger partial charge in [0.15, 0.2) is 0 Å². The average molecular weight is 468 g/mol. The number of para-hydroxylation sites is 1. The van der Waals surface area contributed by atoms with E-state index >= 15 is 0 Å². The van der Waals surface area contributed by atoms with Crippen LogP contribution in [0.15, 0.2) is 98.1 Å². The lowest BCUT2D eigenvalue weighted by molar-refractivity contribution is 1.11. The first-order valence-electron chi connectivity index (χ1n) is 12.1. The van der Waals surface area contributed by atoms with Crippen LogP contribution in [0.3, 0.4) is 0 Å². The van der Waals surface area contributed by atoms with Gasteiger partial charge in [-0.2, -0.15) is 0 Å². The Bertz CT molecular complexity index is 1700. The van der Waals surface area contributed by atoms with Crippen molar-refractivity contribution in [1.82, 2.24) is 14.4 Å². The molecule has 0 fully saturated rings. The number of imidazole rings is 1. The molecule has 3 aromatic carbocycles. The number of aromatic nitrogens is 3. The first-order valence-corrected chi connectivity index (χ1v) is 12.1. The van der Waals surface area contributed by atoms with Crippen LogP contribution in [0, 0.1) is 6.92 Å². The number of rotatable bonds is 6. The van der Waals surface area contributed by atoms with Crippen LogP contribution in [0.5, 0.6) is 0 Å². The van der Waals surface area contributed by atoms with Crippen LogP contribution >= 0.6 is 0 Å². The number of benzene rings is 3. The molecule has 0 saturated carbocycles. The van der Waals surface area contributed by atoms with Gasteiger partial charge >= 0.3 is 0 Å². The highest BCUT2D eigenvalue weighted by molar-refractivity contribution is 5.94. The van der Waals surface area contributed by atoms with E-state index in [-0.39, 0.29) is 0 Å². The minimum atomic E-state index is 0.799. The van der Waals surface area contributed by atoms with Crippen LogP contribution in [0.25, 0.3) is 51.2 Å². The molecule has 0 amide bonds. The predicted molar refractivity (Wildman–Crippen MR) is 155 cm³/mol. The van der Waals surface area contributed by atoms with Crippen molar-refractivity contribution in [2.45, 2.75) is 20.8 Å². The highest BCUT2D eigenvalue weighted by atomic mass is 15.1. The third kappa shape index (κ3) is 4.20. The lowest BCUT2D eigenvalue weighted by Gasteiger charge is -2.11. The van der Waals surface area contributed by atoms with Gasteiger partial charge in [-0.05, 0) is 73.4 Å². The van der Waals surface area contributed by atoms with Crippen molar-refractivity contribution in [3.05, 3.63) is 126 Å². The van der Waals surface area contributed by atoms with Crippen molar-refractivity contribution in [3.63, 3.8) is 0 Å². The van der Waals surface area contributed by atoms with Crippen molar-refractivity contribution in [2.24, 2.45) is 0 Å². The third-order valence-electron chi connectivity index (χ3n) is 6.54. The molecule has 36 heavy (non-hydrogen) atoms. The predicted octanol–water partition coefficient (Wildman–Crippen LogP) is 8.65. The molecular formula is C33H29N3. The standard InChI is InChI=1S/C33H29N3/c1-6-29-31(7-2)36-32(35-30-17-9-8-16-28(30)33(36)34-29)27-15-11-14-26(21-27)24(5)19-18-23(4)25-13-10-12-22(3)20-25/h6-21H,1-2H2,3-5H3/b23-18+,24-19+. The quantitative estimate of drug-likeness (QED) is 0.234. The Labute approximate surface area is 212 Å². The zero-order chi connectivity index (χ0) is 25.2. The fraction of sp³-hybridized carbons (Fsp3) is 0.0909. The molecule has 0 aliphatic rings. The Kier molecular flexibility index (Phi) is 6.22. The summed E-state index contributed by atoms with van der Waals surface area (Å²) in [6.45, 7) is 14.4.